The van der Waals surface area contributed by atoms with E-state index in [-0.39, 0.29) is 18.5 Å². The average molecular weight is 389 g/mol. The van der Waals surface area contributed by atoms with Crippen LogP contribution in [0.3, 0.4) is 0 Å². The molecule has 0 aromatic heterocycles. The number of carbonyl (C=O) groups excluding carboxylic acids is 1. The van der Waals surface area contributed by atoms with E-state index in [4.69, 9.17) is 10.00 Å². The van der Waals surface area contributed by atoms with Gasteiger partial charge in [-0.05, 0) is 53.2 Å². The molecule has 0 saturated heterocycles. The Kier molecular flexibility index (Phi) is 6.36. The van der Waals surface area contributed by atoms with Crippen molar-refractivity contribution < 1.29 is 14.8 Å². The number of nitrogens with one attached hydrogen (secondary N) is 1. The van der Waals surface area contributed by atoms with Crippen molar-refractivity contribution >= 4 is 27.5 Å². The number of rotatable bonds is 6. The maximum atomic E-state index is 12.1. The number of amides is 1. The molecule has 2 rings (SSSR count). The number of halogens is 1. The van der Waals surface area contributed by atoms with Gasteiger partial charge in [-0.1, -0.05) is 12.1 Å². The van der Waals surface area contributed by atoms with Crippen LogP contribution >= 0.6 is 15.9 Å². The Hall–Kier alpha value is -2.36. The van der Waals surface area contributed by atoms with Gasteiger partial charge in [-0.15, -0.1) is 0 Å². The van der Waals surface area contributed by atoms with Crippen molar-refractivity contribution in [3.05, 3.63) is 58.1 Å². The van der Waals surface area contributed by atoms with E-state index in [9.17, 15) is 4.79 Å². The summed E-state index contributed by atoms with van der Waals surface area (Å²) in [4.78, 5) is 12.1. The number of anilines is 1. The number of methoxy groups -OCH3 is 1. The first kappa shape index (κ1) is 18.0. The Bertz CT molecular complexity index is 771. The van der Waals surface area contributed by atoms with Gasteiger partial charge in [0, 0.05) is 5.56 Å². The van der Waals surface area contributed by atoms with E-state index in [1.807, 2.05) is 30.4 Å². The van der Waals surface area contributed by atoms with E-state index in [1.165, 1.54) is 0 Å². The molecule has 0 heterocycles. The number of hydrogen-bond donors (Lipinski definition) is 2. The maximum Gasteiger partial charge on any atom is 0.279 e. The predicted molar refractivity (Wildman–Crippen MR) is 95.7 cm³/mol. The molecule has 0 aliphatic heterocycles. The lowest BCUT2D eigenvalue weighted by atomic mass is 10.1. The summed E-state index contributed by atoms with van der Waals surface area (Å²) in [6, 6.07) is 15.0. The highest BCUT2D eigenvalue weighted by Gasteiger charge is 2.14. The zero-order chi connectivity index (χ0) is 17.5. The summed E-state index contributed by atoms with van der Waals surface area (Å²) in [5.41, 5.74) is 2.09. The van der Waals surface area contributed by atoms with E-state index in [2.05, 4.69) is 27.3 Å². The van der Waals surface area contributed by atoms with Gasteiger partial charge in [-0.3, -0.25) is 4.79 Å². The molecular formula is C18H19BrN3O2+. The van der Waals surface area contributed by atoms with E-state index in [0.717, 1.165) is 15.8 Å². The molecule has 0 bridgehead atoms. The van der Waals surface area contributed by atoms with Crippen molar-refractivity contribution in [3.8, 4) is 11.8 Å². The number of hydrogen-bond acceptors (Lipinski definition) is 3. The van der Waals surface area contributed by atoms with E-state index in [1.54, 1.807) is 31.4 Å². The molecule has 2 aromatic rings. The Labute approximate surface area is 149 Å². The molecule has 0 saturated carbocycles. The first-order valence-electron chi connectivity index (χ1n) is 7.51. The van der Waals surface area contributed by atoms with Gasteiger partial charge in [0.05, 0.1) is 22.8 Å². The third kappa shape index (κ3) is 4.57. The minimum absolute atomic E-state index is 0.115. The summed E-state index contributed by atoms with van der Waals surface area (Å²) in [6.45, 7) is 2.30. The van der Waals surface area contributed by atoms with Crippen molar-refractivity contribution in [2.45, 2.75) is 13.0 Å². The zero-order valence-corrected chi connectivity index (χ0v) is 15.1. The highest BCUT2D eigenvalue weighted by atomic mass is 79.9. The van der Waals surface area contributed by atoms with Gasteiger partial charge < -0.3 is 15.4 Å². The van der Waals surface area contributed by atoms with Crippen LogP contribution in [-0.4, -0.2) is 19.6 Å². The Morgan fingerprint density at radius 1 is 1.38 bits per heavy atom. The standard InChI is InChI=1S/C18H18BrN3O2/c1-12(13-7-8-17(24-2)15(19)9-13)21-11-18(23)22-16-6-4-3-5-14(16)10-20/h3-9,12,21H,11H2,1-2H3,(H,22,23)/p+1/t12-/m1/s1. The third-order valence-electron chi connectivity index (χ3n) is 3.68. The summed E-state index contributed by atoms with van der Waals surface area (Å²) in [6.07, 6.45) is 0. The van der Waals surface area contributed by atoms with Crippen LogP contribution in [0.4, 0.5) is 5.69 Å². The molecule has 1 atom stereocenters. The Balaban J connectivity index is 1.94. The largest absolute Gasteiger partial charge is 0.496 e. The average Bonchev–Trinajstić information content (AvgIpc) is 2.60. The normalized spacial score (nSPS) is 11.4. The van der Waals surface area contributed by atoms with Crippen molar-refractivity contribution in [2.24, 2.45) is 0 Å². The van der Waals surface area contributed by atoms with E-state index >= 15 is 0 Å². The van der Waals surface area contributed by atoms with Crippen LogP contribution in [0.15, 0.2) is 46.9 Å². The first-order valence-corrected chi connectivity index (χ1v) is 8.30. The summed E-state index contributed by atoms with van der Waals surface area (Å²) in [5.74, 6) is 0.633. The molecule has 124 valence electrons. The Morgan fingerprint density at radius 3 is 2.79 bits per heavy atom. The van der Waals surface area contributed by atoms with Crippen LogP contribution in [-0.2, 0) is 4.79 Å². The van der Waals surface area contributed by atoms with E-state index in [0.29, 0.717) is 11.3 Å². The molecule has 0 radical (unpaired) electrons. The van der Waals surface area contributed by atoms with Gasteiger partial charge in [-0.25, -0.2) is 0 Å². The summed E-state index contributed by atoms with van der Waals surface area (Å²) in [7, 11) is 1.62. The summed E-state index contributed by atoms with van der Waals surface area (Å²) < 4.78 is 6.10. The number of benzene rings is 2. The number of nitrogens with zero attached hydrogens (tertiary/aromatic N) is 1. The summed E-state index contributed by atoms with van der Waals surface area (Å²) >= 11 is 3.47. The lowest BCUT2D eigenvalue weighted by Crippen LogP contribution is -2.86. The fraction of sp³-hybridized carbons (Fsp3) is 0.222. The molecule has 3 N–H and O–H groups in total. The van der Waals surface area contributed by atoms with Crippen molar-refractivity contribution in [2.75, 3.05) is 19.0 Å². The maximum absolute atomic E-state index is 12.1. The molecule has 0 aliphatic rings. The molecule has 0 aliphatic carbocycles. The van der Waals surface area contributed by atoms with Gasteiger partial charge in [0.15, 0.2) is 6.54 Å². The van der Waals surface area contributed by atoms with Crippen molar-refractivity contribution in [3.63, 3.8) is 0 Å². The van der Waals surface area contributed by atoms with Crippen LogP contribution < -0.4 is 15.4 Å². The minimum atomic E-state index is -0.142. The number of para-hydroxylation sites is 1. The number of carbonyl (C=O) groups is 1. The molecule has 0 unspecified atom stereocenters. The molecule has 5 nitrogen and oxygen atoms in total. The molecule has 1 amide bonds. The molecular weight excluding hydrogens is 370 g/mol. The molecule has 24 heavy (non-hydrogen) atoms. The quantitative estimate of drug-likeness (QED) is 0.797. The molecule has 6 heteroatoms. The second kappa shape index (κ2) is 8.48. The highest BCUT2D eigenvalue weighted by Crippen LogP contribution is 2.27. The van der Waals surface area contributed by atoms with Crippen molar-refractivity contribution in [1.29, 1.82) is 5.26 Å². The number of nitrogens with two attached hydrogens (primary N) is 1. The number of quaternary nitrogens is 1. The molecule has 0 fully saturated rings. The summed E-state index contributed by atoms with van der Waals surface area (Å²) in [5, 5.41) is 13.8. The van der Waals surface area contributed by atoms with Gasteiger partial charge in [-0.2, -0.15) is 5.26 Å². The second-order valence-electron chi connectivity index (χ2n) is 5.33. The molecule has 0 spiro atoms. The monoisotopic (exact) mass is 388 g/mol. The van der Waals surface area contributed by atoms with Gasteiger partial charge in [0.1, 0.15) is 17.9 Å². The lowest BCUT2D eigenvalue weighted by Gasteiger charge is -2.13. The molecule has 2 aromatic carbocycles. The predicted octanol–water partition coefficient (Wildman–Crippen LogP) is 2.59. The van der Waals surface area contributed by atoms with Crippen LogP contribution in [0.5, 0.6) is 5.75 Å². The first-order chi connectivity index (χ1) is 11.5. The highest BCUT2D eigenvalue weighted by molar-refractivity contribution is 9.10. The number of ether oxygens (including phenoxy) is 1. The third-order valence-corrected chi connectivity index (χ3v) is 4.30. The van der Waals surface area contributed by atoms with Crippen molar-refractivity contribution in [1.82, 2.24) is 0 Å². The fourth-order valence-corrected chi connectivity index (χ4v) is 2.83. The Morgan fingerprint density at radius 2 is 2.12 bits per heavy atom. The SMILES string of the molecule is COc1ccc([C@@H](C)[NH2+]CC(=O)Nc2ccccc2C#N)cc1Br. The van der Waals surface area contributed by atoms with Gasteiger partial charge in [0.25, 0.3) is 5.91 Å². The van der Waals surface area contributed by atoms with Crippen LogP contribution in [0.25, 0.3) is 0 Å². The number of nitriles is 1. The zero-order valence-electron chi connectivity index (χ0n) is 13.5. The minimum Gasteiger partial charge on any atom is -0.496 e. The van der Waals surface area contributed by atoms with E-state index < -0.39 is 0 Å². The van der Waals surface area contributed by atoms with Crippen LogP contribution in [0, 0.1) is 11.3 Å². The smallest absolute Gasteiger partial charge is 0.279 e. The topological polar surface area (TPSA) is 78.7 Å². The second-order valence-corrected chi connectivity index (χ2v) is 6.18. The fourth-order valence-electron chi connectivity index (χ4n) is 2.28. The lowest BCUT2D eigenvalue weighted by molar-refractivity contribution is -0.682. The van der Waals surface area contributed by atoms with Crippen LogP contribution in [0.1, 0.15) is 24.1 Å². The van der Waals surface area contributed by atoms with Crippen LogP contribution in [0.2, 0.25) is 0 Å². The van der Waals surface area contributed by atoms with Gasteiger partial charge >= 0.3 is 0 Å². The van der Waals surface area contributed by atoms with Gasteiger partial charge in [0.2, 0.25) is 0 Å².